The van der Waals surface area contributed by atoms with Crippen molar-refractivity contribution in [2.45, 2.75) is 25.3 Å². The summed E-state index contributed by atoms with van der Waals surface area (Å²) < 4.78 is 0.911. The van der Waals surface area contributed by atoms with Crippen LogP contribution in [-0.4, -0.2) is 21.7 Å². The van der Waals surface area contributed by atoms with Crippen LogP contribution in [0.5, 0.6) is 0 Å². The van der Waals surface area contributed by atoms with E-state index in [1.807, 2.05) is 24.3 Å². The van der Waals surface area contributed by atoms with Crippen molar-refractivity contribution in [1.82, 2.24) is 4.98 Å². The van der Waals surface area contributed by atoms with Crippen LogP contribution in [0.4, 0.5) is 5.69 Å². The minimum absolute atomic E-state index is 0.619. The zero-order chi connectivity index (χ0) is 16.9. The summed E-state index contributed by atoms with van der Waals surface area (Å²) in [4.78, 5) is 4.77. The van der Waals surface area contributed by atoms with E-state index in [4.69, 9.17) is 4.98 Å². The fourth-order valence-electron chi connectivity index (χ4n) is 2.48. The number of thioether (sulfide) groups is 1. The molecule has 122 valence electrons. The Hall–Kier alpha value is -2.33. The van der Waals surface area contributed by atoms with Crippen LogP contribution in [0.25, 0.3) is 10.9 Å². The second-order valence-corrected chi connectivity index (χ2v) is 6.80. The summed E-state index contributed by atoms with van der Waals surface area (Å²) in [5.74, 6) is 0.982. The lowest BCUT2D eigenvalue weighted by Crippen LogP contribution is -2.02. The number of para-hydroxylation sites is 1. The van der Waals surface area contributed by atoms with Gasteiger partial charge in [-0.25, -0.2) is 4.98 Å². The van der Waals surface area contributed by atoms with Crippen molar-refractivity contribution in [3.63, 3.8) is 0 Å². The van der Waals surface area contributed by atoms with Crippen LogP contribution in [0.1, 0.15) is 24.5 Å². The van der Waals surface area contributed by atoms with E-state index in [2.05, 4.69) is 32.0 Å². The number of fused-ring (bicyclic) bond motifs is 1. The fourth-order valence-corrected chi connectivity index (χ4v) is 3.32. The first-order valence-electron chi connectivity index (χ1n) is 8.08. The van der Waals surface area contributed by atoms with Crippen molar-refractivity contribution in [3.8, 4) is 0 Å². The van der Waals surface area contributed by atoms with Crippen LogP contribution in [0, 0.1) is 12.1 Å². The van der Waals surface area contributed by atoms with Crippen LogP contribution < -0.4 is 0 Å². The lowest BCUT2D eigenvalue weighted by molar-refractivity contribution is -0.354. The Morgan fingerprint density at radius 2 is 1.92 bits per heavy atom. The van der Waals surface area contributed by atoms with Crippen LogP contribution >= 0.6 is 11.8 Å². The fraction of sp³-hybridized carbons (Fsp3) is 0.200. The van der Waals surface area contributed by atoms with Crippen molar-refractivity contribution in [2.75, 3.05) is 5.75 Å². The first-order chi connectivity index (χ1) is 11.7. The highest BCUT2D eigenvalue weighted by Gasteiger charge is 2.10. The van der Waals surface area contributed by atoms with Crippen molar-refractivity contribution < 1.29 is 4.74 Å². The Labute approximate surface area is 146 Å². The average molecular weight is 336 g/mol. The molecule has 0 fully saturated rings. The highest BCUT2D eigenvalue weighted by atomic mass is 32.2. The number of rotatable bonds is 5. The van der Waals surface area contributed by atoms with E-state index in [-0.39, 0.29) is 0 Å². The van der Waals surface area contributed by atoms with Crippen LogP contribution in [0.2, 0.25) is 0 Å². The molecule has 0 spiro atoms. The second-order valence-electron chi connectivity index (χ2n) is 5.72. The molecule has 0 atom stereocenters. The SMILES string of the molecule is CCCSc1nc2ccc(C)cc2cc1/C=[N+](\[O-])c1ccccc1. The zero-order valence-corrected chi connectivity index (χ0v) is 14.7. The molecule has 1 heterocycles. The minimum Gasteiger partial charge on any atom is -0.618 e. The molecule has 4 heteroatoms. The van der Waals surface area contributed by atoms with E-state index in [1.165, 1.54) is 5.56 Å². The maximum absolute atomic E-state index is 12.5. The van der Waals surface area contributed by atoms with Gasteiger partial charge in [-0.3, -0.25) is 0 Å². The Morgan fingerprint density at radius 1 is 1.12 bits per heavy atom. The predicted molar refractivity (Wildman–Crippen MR) is 102 cm³/mol. The van der Waals surface area contributed by atoms with Gasteiger partial charge in [-0.15, -0.1) is 11.8 Å². The Kier molecular flexibility index (Phi) is 5.16. The van der Waals surface area contributed by atoms with Gasteiger partial charge >= 0.3 is 0 Å². The van der Waals surface area contributed by atoms with Gasteiger partial charge in [0.05, 0.1) is 11.1 Å². The van der Waals surface area contributed by atoms with E-state index in [1.54, 1.807) is 30.1 Å². The molecule has 0 unspecified atom stereocenters. The maximum Gasteiger partial charge on any atom is 0.216 e. The van der Waals surface area contributed by atoms with Crippen molar-refractivity contribution in [1.29, 1.82) is 0 Å². The van der Waals surface area contributed by atoms with E-state index in [9.17, 15) is 5.21 Å². The molecule has 0 N–H and O–H groups in total. The third kappa shape index (κ3) is 3.77. The predicted octanol–water partition coefficient (Wildman–Crippen LogP) is 5.31. The summed E-state index contributed by atoms with van der Waals surface area (Å²) in [5.41, 5.74) is 3.64. The van der Waals surface area contributed by atoms with E-state index in [0.717, 1.165) is 38.4 Å². The van der Waals surface area contributed by atoms with E-state index in [0.29, 0.717) is 5.69 Å². The molecule has 3 nitrogen and oxygen atoms in total. The molecular weight excluding hydrogens is 316 g/mol. The largest absolute Gasteiger partial charge is 0.618 e. The topological polar surface area (TPSA) is 39.0 Å². The summed E-state index contributed by atoms with van der Waals surface area (Å²) in [5, 5.41) is 14.4. The average Bonchev–Trinajstić information content (AvgIpc) is 2.60. The molecule has 0 radical (unpaired) electrons. The second kappa shape index (κ2) is 7.49. The van der Waals surface area contributed by atoms with Gasteiger partial charge in [0.15, 0.2) is 6.21 Å². The van der Waals surface area contributed by atoms with Crippen molar-refractivity contribution in [2.24, 2.45) is 0 Å². The van der Waals surface area contributed by atoms with Gasteiger partial charge in [0.25, 0.3) is 0 Å². The summed E-state index contributed by atoms with van der Waals surface area (Å²) >= 11 is 1.70. The molecule has 2 aromatic carbocycles. The van der Waals surface area contributed by atoms with Crippen molar-refractivity contribution in [3.05, 3.63) is 70.9 Å². The Balaban J connectivity index is 2.09. The number of hydrogen-bond donors (Lipinski definition) is 0. The molecule has 3 aromatic rings. The van der Waals surface area contributed by atoms with Gasteiger partial charge in [0.1, 0.15) is 5.03 Å². The molecule has 0 saturated heterocycles. The third-order valence-corrected chi connectivity index (χ3v) is 4.89. The highest BCUT2D eigenvalue weighted by Crippen LogP contribution is 2.25. The maximum atomic E-state index is 12.5. The third-order valence-electron chi connectivity index (χ3n) is 3.67. The summed E-state index contributed by atoms with van der Waals surface area (Å²) in [7, 11) is 0. The number of pyridine rings is 1. The normalized spacial score (nSPS) is 11.8. The molecule has 1 aromatic heterocycles. The summed E-state index contributed by atoms with van der Waals surface area (Å²) in [6.45, 7) is 4.21. The molecule has 0 aliphatic heterocycles. The first kappa shape index (κ1) is 16.5. The van der Waals surface area contributed by atoms with Gasteiger partial charge in [-0.1, -0.05) is 36.8 Å². The smallest absolute Gasteiger partial charge is 0.216 e. The Morgan fingerprint density at radius 3 is 2.67 bits per heavy atom. The summed E-state index contributed by atoms with van der Waals surface area (Å²) in [6, 6.07) is 17.5. The molecule has 0 aliphatic rings. The van der Waals surface area contributed by atoms with E-state index >= 15 is 0 Å². The van der Waals surface area contributed by atoms with Crippen LogP contribution in [-0.2, 0) is 0 Å². The Bertz CT molecular complexity index is 875. The van der Waals surface area contributed by atoms with Crippen LogP contribution in [0.15, 0.2) is 59.6 Å². The number of hydrogen-bond acceptors (Lipinski definition) is 3. The van der Waals surface area contributed by atoms with Gasteiger partial charge in [-0.2, -0.15) is 4.74 Å². The quantitative estimate of drug-likeness (QED) is 0.208. The summed E-state index contributed by atoms with van der Waals surface area (Å²) in [6.07, 6.45) is 2.69. The molecule has 3 rings (SSSR count). The standard InChI is InChI=1S/C20H20N2OS/c1-3-11-24-20-17(14-22(23)18-7-5-4-6-8-18)13-16-12-15(2)9-10-19(16)21-20/h4-10,12-14H,3,11H2,1-2H3/b22-14-. The van der Waals surface area contributed by atoms with Gasteiger partial charge in [0.2, 0.25) is 5.69 Å². The number of benzene rings is 2. The van der Waals surface area contributed by atoms with Crippen LogP contribution in [0.3, 0.4) is 0 Å². The first-order valence-corrected chi connectivity index (χ1v) is 9.06. The van der Waals surface area contributed by atoms with E-state index < -0.39 is 0 Å². The zero-order valence-electron chi connectivity index (χ0n) is 13.9. The number of nitrogens with zero attached hydrogens (tertiary/aromatic N) is 2. The van der Waals surface area contributed by atoms with Gasteiger partial charge in [0, 0.05) is 17.5 Å². The van der Waals surface area contributed by atoms with Gasteiger partial charge < -0.3 is 5.21 Å². The molecule has 0 aliphatic carbocycles. The number of aromatic nitrogens is 1. The van der Waals surface area contributed by atoms with Gasteiger partial charge in [-0.05, 0) is 37.3 Å². The lowest BCUT2D eigenvalue weighted by atomic mass is 10.1. The molecular formula is C20H20N2OS. The molecule has 0 saturated carbocycles. The number of aryl methyl sites for hydroxylation is 1. The van der Waals surface area contributed by atoms with Crippen molar-refractivity contribution >= 4 is 34.6 Å². The minimum atomic E-state index is 0.619. The monoisotopic (exact) mass is 336 g/mol. The molecule has 24 heavy (non-hydrogen) atoms. The molecule has 0 bridgehead atoms. The molecule has 0 amide bonds. The lowest BCUT2D eigenvalue weighted by Gasteiger charge is -2.08. The highest BCUT2D eigenvalue weighted by molar-refractivity contribution is 7.99.